The molecule has 181 valence electrons. The number of ether oxygens (including phenoxy) is 2. The first kappa shape index (κ1) is 22.3. The lowest BCUT2D eigenvalue weighted by Gasteiger charge is -2.41. The third-order valence-electron chi connectivity index (χ3n) is 7.82. The summed E-state index contributed by atoms with van der Waals surface area (Å²) in [6, 6.07) is 2.40. The van der Waals surface area contributed by atoms with E-state index in [-0.39, 0.29) is 24.2 Å². The number of hydrogen-bond acceptors (Lipinski definition) is 10. The second-order valence-electron chi connectivity index (χ2n) is 9.73. The van der Waals surface area contributed by atoms with E-state index in [4.69, 9.17) is 25.2 Å². The lowest BCUT2D eigenvalue weighted by Crippen LogP contribution is -2.51. The fourth-order valence-corrected chi connectivity index (χ4v) is 6.55. The van der Waals surface area contributed by atoms with E-state index in [1.807, 2.05) is 12.3 Å². The van der Waals surface area contributed by atoms with E-state index in [1.165, 1.54) is 11.8 Å². The van der Waals surface area contributed by atoms with Gasteiger partial charge in [-0.2, -0.15) is 0 Å². The van der Waals surface area contributed by atoms with Crippen molar-refractivity contribution < 1.29 is 14.6 Å². The van der Waals surface area contributed by atoms with Crippen LogP contribution in [-0.2, 0) is 11.3 Å². The van der Waals surface area contributed by atoms with E-state index < -0.39 is 0 Å². The van der Waals surface area contributed by atoms with Crippen molar-refractivity contribution in [1.29, 1.82) is 0 Å². The molecule has 2 aromatic rings. The Bertz CT molecular complexity index is 1060. The Hall–Kier alpha value is -2.14. The van der Waals surface area contributed by atoms with Gasteiger partial charge < -0.3 is 30.1 Å². The summed E-state index contributed by atoms with van der Waals surface area (Å²) in [5, 5.41) is 10.8. The first-order chi connectivity index (χ1) is 16.6. The molecule has 1 spiro atoms. The van der Waals surface area contributed by atoms with Crippen molar-refractivity contribution in [2.45, 2.75) is 60.9 Å². The lowest BCUT2D eigenvalue weighted by molar-refractivity contribution is 0.0973. The summed E-state index contributed by atoms with van der Waals surface area (Å²) < 4.78 is 12.0. The normalized spacial score (nSPS) is 27.6. The number of aliphatic hydroxyl groups excluding tert-OH is 1. The molecule has 10 heteroatoms. The van der Waals surface area contributed by atoms with Gasteiger partial charge in [0.15, 0.2) is 17.4 Å². The minimum absolute atomic E-state index is 0.0467. The molecule has 9 nitrogen and oxygen atoms in total. The van der Waals surface area contributed by atoms with Crippen LogP contribution < -0.4 is 20.3 Å². The number of fused-ring (bicyclic) bond motifs is 3. The van der Waals surface area contributed by atoms with Gasteiger partial charge in [-0.15, -0.1) is 0 Å². The number of aliphatic hydroxyl groups is 1. The van der Waals surface area contributed by atoms with Crippen molar-refractivity contribution >= 4 is 23.4 Å². The van der Waals surface area contributed by atoms with Crippen LogP contribution >= 0.6 is 11.8 Å². The Morgan fingerprint density at radius 1 is 1.26 bits per heavy atom. The molecular weight excluding hydrogens is 452 g/mol. The van der Waals surface area contributed by atoms with E-state index in [0.717, 1.165) is 72.8 Å². The number of nitrogens with two attached hydrogens (primary N) is 1. The van der Waals surface area contributed by atoms with E-state index in [2.05, 4.69) is 28.1 Å². The fourth-order valence-electron chi connectivity index (χ4n) is 5.69. The van der Waals surface area contributed by atoms with Crippen LogP contribution in [0, 0.1) is 11.8 Å². The van der Waals surface area contributed by atoms with E-state index in [9.17, 15) is 5.11 Å². The van der Waals surface area contributed by atoms with Crippen molar-refractivity contribution in [3.63, 3.8) is 0 Å². The largest absolute Gasteiger partial charge is 0.486 e. The molecule has 3 fully saturated rings. The number of anilines is 2. The summed E-state index contributed by atoms with van der Waals surface area (Å²) in [7, 11) is 0. The molecule has 1 radical (unpaired) electrons. The molecule has 3 N–H and O–H groups in total. The van der Waals surface area contributed by atoms with Gasteiger partial charge in [0, 0.05) is 37.3 Å². The van der Waals surface area contributed by atoms with Crippen LogP contribution in [0.3, 0.4) is 0 Å². The van der Waals surface area contributed by atoms with Gasteiger partial charge in [-0.3, -0.25) is 0 Å². The van der Waals surface area contributed by atoms with Crippen LogP contribution in [-0.4, -0.2) is 71.1 Å². The molecule has 0 saturated carbocycles. The van der Waals surface area contributed by atoms with E-state index in [0.29, 0.717) is 18.3 Å². The summed E-state index contributed by atoms with van der Waals surface area (Å²) in [5.74, 6) is 2.46. The highest BCUT2D eigenvalue weighted by Gasteiger charge is 2.47. The Morgan fingerprint density at radius 2 is 2.12 bits per heavy atom. The number of piperidine rings is 1. The van der Waals surface area contributed by atoms with Gasteiger partial charge in [-0.1, -0.05) is 11.8 Å². The second kappa shape index (κ2) is 8.82. The van der Waals surface area contributed by atoms with Crippen molar-refractivity contribution in [1.82, 2.24) is 15.0 Å². The zero-order chi connectivity index (χ0) is 23.3. The molecule has 4 aliphatic rings. The monoisotopic (exact) mass is 483 g/mol. The standard InChI is InChI=1S/C24H31N6O3S/c1-15-21(25)24(14-33-15)5-9-29(10-6-24)22-17(12-31)28-19(11-27-22)34-18-4-7-26-23-20(18)32-13-16-3-2-8-30(16)23/h2,4,7,11,15-16,21,31H,3,5-6,8-10,12-14,25H2,1H3/t15-,16-,21+/m0/s1. The average Bonchev–Trinajstić information content (AvgIpc) is 3.46. The lowest BCUT2D eigenvalue weighted by atomic mass is 9.73. The first-order valence-electron chi connectivity index (χ1n) is 12.0. The van der Waals surface area contributed by atoms with Crippen LogP contribution in [0.5, 0.6) is 5.75 Å². The third kappa shape index (κ3) is 3.71. The van der Waals surface area contributed by atoms with Gasteiger partial charge in [0.2, 0.25) is 0 Å². The van der Waals surface area contributed by atoms with E-state index >= 15 is 0 Å². The van der Waals surface area contributed by atoms with Gasteiger partial charge in [-0.25, -0.2) is 15.0 Å². The molecule has 3 atom stereocenters. The molecule has 6 rings (SSSR count). The highest BCUT2D eigenvalue weighted by Crippen LogP contribution is 2.45. The highest BCUT2D eigenvalue weighted by atomic mass is 32.2. The smallest absolute Gasteiger partial charge is 0.175 e. The minimum atomic E-state index is -0.158. The molecule has 0 amide bonds. The van der Waals surface area contributed by atoms with Crippen LogP contribution in [0.15, 0.2) is 28.4 Å². The van der Waals surface area contributed by atoms with Gasteiger partial charge in [0.1, 0.15) is 17.3 Å². The van der Waals surface area contributed by atoms with Crippen molar-refractivity contribution in [2.24, 2.45) is 11.1 Å². The molecule has 0 aliphatic carbocycles. The highest BCUT2D eigenvalue weighted by molar-refractivity contribution is 7.99. The van der Waals surface area contributed by atoms with Crippen molar-refractivity contribution in [3.05, 3.63) is 30.6 Å². The van der Waals surface area contributed by atoms with Gasteiger partial charge in [0.25, 0.3) is 0 Å². The fraction of sp³-hybridized carbons (Fsp3) is 0.583. The molecule has 6 heterocycles. The molecule has 4 aliphatic heterocycles. The van der Waals surface area contributed by atoms with Crippen LogP contribution in [0.1, 0.15) is 31.9 Å². The van der Waals surface area contributed by atoms with E-state index in [1.54, 1.807) is 6.20 Å². The summed E-state index contributed by atoms with van der Waals surface area (Å²) in [5.41, 5.74) is 7.11. The van der Waals surface area contributed by atoms with Gasteiger partial charge in [-0.05, 0) is 38.7 Å². The second-order valence-corrected chi connectivity index (χ2v) is 10.8. The molecular formula is C24H31N6O3S. The summed E-state index contributed by atoms with van der Waals surface area (Å²) in [6.07, 6.45) is 8.93. The summed E-state index contributed by atoms with van der Waals surface area (Å²) in [4.78, 5) is 19.6. The van der Waals surface area contributed by atoms with Crippen LogP contribution in [0.2, 0.25) is 0 Å². The van der Waals surface area contributed by atoms with Crippen LogP contribution in [0.4, 0.5) is 11.6 Å². The molecule has 0 bridgehead atoms. The topological polar surface area (TPSA) is 110 Å². The Labute approximate surface area is 204 Å². The zero-order valence-electron chi connectivity index (χ0n) is 19.4. The Kier molecular flexibility index (Phi) is 5.79. The molecule has 0 aromatic carbocycles. The quantitative estimate of drug-likeness (QED) is 0.670. The number of rotatable bonds is 4. The minimum Gasteiger partial charge on any atom is -0.486 e. The summed E-state index contributed by atoms with van der Waals surface area (Å²) >= 11 is 1.50. The number of nitrogens with zero attached hydrogens (tertiary/aromatic N) is 5. The number of hydrogen-bond donors (Lipinski definition) is 2. The average molecular weight is 484 g/mol. The maximum absolute atomic E-state index is 10.1. The molecule has 2 aromatic heterocycles. The maximum Gasteiger partial charge on any atom is 0.175 e. The summed E-state index contributed by atoms with van der Waals surface area (Å²) in [6.45, 7) is 5.86. The third-order valence-corrected chi connectivity index (χ3v) is 8.76. The predicted octanol–water partition coefficient (Wildman–Crippen LogP) is 2.02. The zero-order valence-corrected chi connectivity index (χ0v) is 20.2. The van der Waals surface area contributed by atoms with Crippen molar-refractivity contribution in [3.8, 4) is 5.75 Å². The predicted molar refractivity (Wildman–Crippen MR) is 129 cm³/mol. The van der Waals surface area contributed by atoms with Gasteiger partial charge in [0.05, 0.1) is 36.5 Å². The van der Waals surface area contributed by atoms with Crippen LogP contribution in [0.25, 0.3) is 0 Å². The number of aromatic nitrogens is 3. The SMILES string of the molecule is C[C@@H]1OCC2(CCN(c3ncc(Sc4ccnc5c4OC[C@@H]4C[CH]CN54)nc3CO)CC2)[C@@H]1N. The maximum atomic E-state index is 10.1. The van der Waals surface area contributed by atoms with Crippen molar-refractivity contribution in [2.75, 3.05) is 42.6 Å². The molecule has 34 heavy (non-hydrogen) atoms. The van der Waals surface area contributed by atoms with Gasteiger partial charge >= 0.3 is 0 Å². The molecule has 0 unspecified atom stereocenters. The molecule has 3 saturated heterocycles. The first-order valence-corrected chi connectivity index (χ1v) is 12.9. The Morgan fingerprint density at radius 3 is 2.88 bits per heavy atom. The Balaban J connectivity index is 1.20. The number of pyridine rings is 1.